The zero-order valence-corrected chi connectivity index (χ0v) is 11.4. The Hall–Kier alpha value is -0.170. The topological polar surface area (TPSA) is 61.4 Å². The molecule has 0 atom stereocenters. The van der Waals surface area contributed by atoms with E-state index in [1.165, 1.54) is 0 Å². The lowest BCUT2D eigenvalue weighted by molar-refractivity contribution is 0.412. The van der Waals surface area contributed by atoms with Gasteiger partial charge in [-0.25, -0.2) is 13.1 Å². The zero-order chi connectivity index (χ0) is 12.4. The highest BCUT2D eigenvalue weighted by molar-refractivity contribution is 7.89. The molecule has 5 nitrogen and oxygen atoms in total. The second-order valence-corrected chi connectivity index (χ2v) is 6.00. The Morgan fingerprint density at radius 3 is 2.38 bits per heavy atom. The van der Waals surface area contributed by atoms with Crippen LogP contribution >= 0.6 is 0 Å². The van der Waals surface area contributed by atoms with E-state index in [1.807, 2.05) is 25.9 Å². The van der Waals surface area contributed by atoms with E-state index in [0.29, 0.717) is 13.0 Å². The average Bonchev–Trinajstić information content (AvgIpc) is 2.16. The lowest BCUT2D eigenvalue weighted by Crippen LogP contribution is -2.33. The summed E-state index contributed by atoms with van der Waals surface area (Å²) in [7, 11) is 0.774. The fourth-order valence-electron chi connectivity index (χ4n) is 1.22. The van der Waals surface area contributed by atoms with Crippen molar-refractivity contribution in [3.8, 4) is 0 Å². The van der Waals surface area contributed by atoms with Crippen LogP contribution in [-0.2, 0) is 10.0 Å². The van der Waals surface area contributed by atoms with Crippen molar-refractivity contribution in [3.05, 3.63) is 0 Å². The Morgan fingerprint density at radius 1 is 1.12 bits per heavy atom. The standard InChI is InChI=1S/C10H25N3O2S/c1-4-11-7-5-6-10-16(14,15)12-8-9-13(2)3/h11-12H,4-10H2,1-3H3. The number of hydrogen-bond acceptors (Lipinski definition) is 4. The first-order chi connectivity index (χ1) is 7.48. The summed E-state index contributed by atoms with van der Waals surface area (Å²) in [5, 5.41) is 3.17. The smallest absolute Gasteiger partial charge is 0.211 e. The molecule has 0 saturated heterocycles. The van der Waals surface area contributed by atoms with E-state index in [-0.39, 0.29) is 5.75 Å². The van der Waals surface area contributed by atoms with Crippen molar-refractivity contribution >= 4 is 10.0 Å². The van der Waals surface area contributed by atoms with E-state index < -0.39 is 10.0 Å². The SMILES string of the molecule is CCNCCCCS(=O)(=O)NCCN(C)C. The maximum Gasteiger partial charge on any atom is 0.211 e. The molecule has 0 rings (SSSR count). The Bertz CT molecular complexity index is 253. The van der Waals surface area contributed by atoms with Gasteiger partial charge in [-0.2, -0.15) is 0 Å². The van der Waals surface area contributed by atoms with Crippen LogP contribution in [0.25, 0.3) is 0 Å². The van der Waals surface area contributed by atoms with E-state index in [1.54, 1.807) is 0 Å². The van der Waals surface area contributed by atoms with E-state index >= 15 is 0 Å². The molecular weight excluding hydrogens is 226 g/mol. The molecule has 2 N–H and O–H groups in total. The number of rotatable bonds is 10. The Balaban J connectivity index is 3.55. The summed E-state index contributed by atoms with van der Waals surface area (Å²) in [6.45, 7) is 5.09. The van der Waals surface area contributed by atoms with Crippen molar-refractivity contribution in [1.82, 2.24) is 14.9 Å². The third kappa shape index (κ3) is 10.4. The molecule has 0 bridgehead atoms. The lowest BCUT2D eigenvalue weighted by Gasteiger charge is -2.10. The summed E-state index contributed by atoms with van der Waals surface area (Å²) in [6, 6.07) is 0. The highest BCUT2D eigenvalue weighted by Gasteiger charge is 2.08. The van der Waals surface area contributed by atoms with Crippen LogP contribution in [0, 0.1) is 0 Å². The number of nitrogens with zero attached hydrogens (tertiary/aromatic N) is 1. The van der Waals surface area contributed by atoms with Crippen molar-refractivity contribution in [2.75, 3.05) is 46.0 Å². The zero-order valence-electron chi connectivity index (χ0n) is 10.6. The van der Waals surface area contributed by atoms with Crippen molar-refractivity contribution < 1.29 is 8.42 Å². The molecule has 98 valence electrons. The first kappa shape index (κ1) is 15.8. The van der Waals surface area contributed by atoms with E-state index in [2.05, 4.69) is 10.0 Å². The van der Waals surface area contributed by atoms with E-state index in [4.69, 9.17) is 0 Å². The molecule has 0 heterocycles. The second-order valence-electron chi connectivity index (χ2n) is 4.08. The minimum Gasteiger partial charge on any atom is -0.317 e. The van der Waals surface area contributed by atoms with Gasteiger partial charge in [0.1, 0.15) is 0 Å². The molecule has 0 aromatic carbocycles. The van der Waals surface area contributed by atoms with Gasteiger partial charge in [-0.15, -0.1) is 0 Å². The molecule has 6 heteroatoms. The third-order valence-corrected chi connectivity index (χ3v) is 3.62. The van der Waals surface area contributed by atoms with E-state index in [0.717, 1.165) is 26.1 Å². The number of hydrogen-bond donors (Lipinski definition) is 2. The van der Waals surface area contributed by atoms with Gasteiger partial charge in [0, 0.05) is 13.1 Å². The molecule has 0 aromatic rings. The van der Waals surface area contributed by atoms with Gasteiger partial charge in [0.2, 0.25) is 10.0 Å². The average molecular weight is 251 g/mol. The Labute approximate surface area is 99.6 Å². The molecule has 0 aliphatic carbocycles. The van der Waals surface area contributed by atoms with Crippen LogP contribution in [0.15, 0.2) is 0 Å². The summed E-state index contributed by atoms with van der Waals surface area (Å²) in [6.07, 6.45) is 1.62. The molecule has 0 radical (unpaired) electrons. The van der Waals surface area contributed by atoms with Crippen LogP contribution in [-0.4, -0.2) is 59.3 Å². The van der Waals surface area contributed by atoms with Crippen molar-refractivity contribution in [3.63, 3.8) is 0 Å². The maximum absolute atomic E-state index is 11.5. The molecule has 16 heavy (non-hydrogen) atoms. The van der Waals surface area contributed by atoms with Crippen LogP contribution in [0.1, 0.15) is 19.8 Å². The number of nitrogens with one attached hydrogen (secondary N) is 2. The highest BCUT2D eigenvalue weighted by Crippen LogP contribution is 1.93. The molecule has 0 unspecified atom stereocenters. The Morgan fingerprint density at radius 2 is 1.81 bits per heavy atom. The lowest BCUT2D eigenvalue weighted by atomic mass is 10.3. The van der Waals surface area contributed by atoms with Crippen molar-refractivity contribution in [2.45, 2.75) is 19.8 Å². The number of sulfonamides is 1. The first-order valence-electron chi connectivity index (χ1n) is 5.80. The first-order valence-corrected chi connectivity index (χ1v) is 7.46. The fourth-order valence-corrected chi connectivity index (χ4v) is 2.35. The summed E-state index contributed by atoms with van der Waals surface area (Å²) in [4.78, 5) is 1.95. The van der Waals surface area contributed by atoms with Gasteiger partial charge in [0.25, 0.3) is 0 Å². The summed E-state index contributed by atoms with van der Waals surface area (Å²) in [5.41, 5.74) is 0. The molecule has 0 aliphatic rings. The second kappa shape index (κ2) is 8.92. The van der Waals surface area contributed by atoms with Gasteiger partial charge in [-0.3, -0.25) is 0 Å². The Kier molecular flexibility index (Phi) is 8.83. The van der Waals surface area contributed by atoms with Gasteiger partial charge in [0.15, 0.2) is 0 Å². The van der Waals surface area contributed by atoms with Crippen molar-refractivity contribution in [1.29, 1.82) is 0 Å². The maximum atomic E-state index is 11.5. The van der Waals surface area contributed by atoms with Crippen LogP contribution < -0.4 is 10.0 Å². The molecule has 0 saturated carbocycles. The molecular formula is C10H25N3O2S. The minimum atomic E-state index is -3.07. The van der Waals surface area contributed by atoms with Crippen LogP contribution in [0.4, 0.5) is 0 Å². The minimum absolute atomic E-state index is 0.228. The quantitative estimate of drug-likeness (QED) is 0.531. The third-order valence-electron chi connectivity index (χ3n) is 2.15. The van der Waals surface area contributed by atoms with Crippen LogP contribution in [0.2, 0.25) is 0 Å². The molecule has 0 spiro atoms. The monoisotopic (exact) mass is 251 g/mol. The van der Waals surface area contributed by atoms with Gasteiger partial charge < -0.3 is 10.2 Å². The van der Waals surface area contributed by atoms with Crippen molar-refractivity contribution in [2.24, 2.45) is 0 Å². The van der Waals surface area contributed by atoms with E-state index in [9.17, 15) is 8.42 Å². The normalized spacial score (nSPS) is 12.2. The van der Waals surface area contributed by atoms with Crippen LogP contribution in [0.5, 0.6) is 0 Å². The molecule has 0 fully saturated rings. The largest absolute Gasteiger partial charge is 0.317 e. The summed E-state index contributed by atoms with van der Waals surface area (Å²) < 4.78 is 25.6. The molecule has 0 amide bonds. The molecule has 0 aliphatic heterocycles. The summed E-state index contributed by atoms with van der Waals surface area (Å²) >= 11 is 0. The van der Waals surface area contributed by atoms with Gasteiger partial charge in [-0.05, 0) is 40.0 Å². The predicted molar refractivity (Wildman–Crippen MR) is 68.1 cm³/mol. The number of unbranched alkanes of at least 4 members (excludes halogenated alkanes) is 1. The highest BCUT2D eigenvalue weighted by atomic mass is 32.2. The van der Waals surface area contributed by atoms with Gasteiger partial charge in [-0.1, -0.05) is 6.92 Å². The van der Waals surface area contributed by atoms with Crippen LogP contribution in [0.3, 0.4) is 0 Å². The summed E-state index contributed by atoms with van der Waals surface area (Å²) in [5.74, 6) is 0.228. The number of likely N-dealkylation sites (N-methyl/N-ethyl adjacent to an activating group) is 1. The fraction of sp³-hybridized carbons (Fsp3) is 1.00. The molecule has 0 aromatic heterocycles. The van der Waals surface area contributed by atoms with Gasteiger partial charge >= 0.3 is 0 Å². The predicted octanol–water partition coefficient (Wildman–Crippen LogP) is -0.143. The van der Waals surface area contributed by atoms with Gasteiger partial charge in [0.05, 0.1) is 5.75 Å².